The van der Waals surface area contributed by atoms with Gasteiger partial charge < -0.3 is 15.4 Å². The van der Waals surface area contributed by atoms with Gasteiger partial charge in [0.2, 0.25) is 0 Å². The van der Waals surface area contributed by atoms with E-state index in [1.165, 1.54) is 25.5 Å². The zero-order valence-corrected chi connectivity index (χ0v) is 17.0. The van der Waals surface area contributed by atoms with Gasteiger partial charge in [-0.3, -0.25) is 4.99 Å². The van der Waals surface area contributed by atoms with Crippen LogP contribution in [-0.2, 0) is 14.6 Å². The number of aliphatic imine (C=N–C) groups is 1. The lowest BCUT2D eigenvalue weighted by Crippen LogP contribution is -2.47. The van der Waals surface area contributed by atoms with Crippen LogP contribution in [0.3, 0.4) is 0 Å². The second-order valence-corrected chi connectivity index (χ2v) is 8.19. The van der Waals surface area contributed by atoms with Crippen molar-refractivity contribution < 1.29 is 13.2 Å². The Hall–Kier alpha value is -0.0900. The van der Waals surface area contributed by atoms with E-state index in [4.69, 9.17) is 4.74 Å². The van der Waals surface area contributed by atoms with Gasteiger partial charge >= 0.3 is 0 Å². The summed E-state index contributed by atoms with van der Waals surface area (Å²) in [5, 5.41) is 6.51. The molecular weight excluding hydrogens is 417 g/mol. The summed E-state index contributed by atoms with van der Waals surface area (Å²) in [7, 11) is 0.585. The minimum Gasteiger partial charge on any atom is -0.385 e. The van der Waals surface area contributed by atoms with Gasteiger partial charge in [-0.15, -0.1) is 24.0 Å². The van der Waals surface area contributed by atoms with Crippen LogP contribution in [0.5, 0.6) is 0 Å². The van der Waals surface area contributed by atoms with E-state index in [-0.39, 0.29) is 29.7 Å². The van der Waals surface area contributed by atoms with Crippen molar-refractivity contribution in [1.29, 1.82) is 0 Å². The van der Waals surface area contributed by atoms with Gasteiger partial charge in [0.15, 0.2) is 5.96 Å². The molecule has 6 nitrogen and oxygen atoms in total. The van der Waals surface area contributed by atoms with Gasteiger partial charge in [0.05, 0.1) is 5.75 Å². The summed E-state index contributed by atoms with van der Waals surface area (Å²) >= 11 is 0. The van der Waals surface area contributed by atoms with E-state index in [0.29, 0.717) is 18.4 Å². The molecule has 0 heterocycles. The van der Waals surface area contributed by atoms with Crippen LogP contribution in [-0.4, -0.2) is 60.2 Å². The first-order valence-corrected chi connectivity index (χ1v) is 9.58. The van der Waals surface area contributed by atoms with Crippen LogP contribution >= 0.6 is 24.0 Å². The number of ether oxygens (including phenoxy) is 1. The standard InChI is InChI=1S/C14H29N3O3S.HI/c1-15-13(16-9-5-11-21(3,18)19)17-12-14(6-4-7-14)8-10-20-2;/h4-12H2,1-3H3,(H2,15,16,17);1H. The maximum absolute atomic E-state index is 11.1. The highest BCUT2D eigenvalue weighted by atomic mass is 127. The molecule has 0 unspecified atom stereocenters. The minimum atomic E-state index is -2.88. The van der Waals surface area contributed by atoms with E-state index in [0.717, 1.165) is 25.5 Å². The highest BCUT2D eigenvalue weighted by Gasteiger charge is 2.36. The van der Waals surface area contributed by atoms with Gasteiger partial charge in [-0.05, 0) is 31.1 Å². The largest absolute Gasteiger partial charge is 0.385 e. The van der Waals surface area contributed by atoms with Gasteiger partial charge in [0.25, 0.3) is 0 Å². The van der Waals surface area contributed by atoms with Crippen molar-refractivity contribution in [3.05, 3.63) is 0 Å². The van der Waals surface area contributed by atoms with E-state index in [2.05, 4.69) is 15.6 Å². The molecule has 0 aromatic carbocycles. The Morgan fingerprint density at radius 3 is 2.45 bits per heavy atom. The molecule has 0 aromatic heterocycles. The molecule has 132 valence electrons. The lowest BCUT2D eigenvalue weighted by atomic mass is 9.67. The van der Waals surface area contributed by atoms with Crippen molar-refractivity contribution in [3.63, 3.8) is 0 Å². The molecule has 8 heteroatoms. The van der Waals surface area contributed by atoms with Crippen LogP contribution in [0, 0.1) is 5.41 Å². The van der Waals surface area contributed by atoms with Crippen LogP contribution in [0.4, 0.5) is 0 Å². The Balaban J connectivity index is 0.00000441. The first kappa shape index (κ1) is 21.9. The fourth-order valence-corrected chi connectivity index (χ4v) is 3.21. The maximum atomic E-state index is 11.1. The predicted octanol–water partition coefficient (Wildman–Crippen LogP) is 1.41. The fraction of sp³-hybridized carbons (Fsp3) is 0.929. The molecule has 1 aliphatic rings. The van der Waals surface area contributed by atoms with Crippen LogP contribution in [0.25, 0.3) is 0 Å². The molecule has 0 aliphatic heterocycles. The summed E-state index contributed by atoms with van der Waals surface area (Å²) < 4.78 is 27.3. The van der Waals surface area contributed by atoms with E-state index in [9.17, 15) is 8.42 Å². The Morgan fingerprint density at radius 2 is 2.00 bits per heavy atom. The van der Waals surface area contributed by atoms with Gasteiger partial charge in [0, 0.05) is 40.1 Å². The summed E-state index contributed by atoms with van der Waals surface area (Å²) in [5.74, 6) is 0.946. The van der Waals surface area contributed by atoms with Gasteiger partial charge in [-0.2, -0.15) is 0 Å². The lowest BCUT2D eigenvalue weighted by Gasteiger charge is -2.42. The van der Waals surface area contributed by atoms with Gasteiger partial charge in [-0.25, -0.2) is 8.42 Å². The molecule has 1 aliphatic carbocycles. The summed E-state index contributed by atoms with van der Waals surface area (Å²) in [5.41, 5.74) is 0.334. The van der Waals surface area contributed by atoms with Crippen LogP contribution in [0.1, 0.15) is 32.1 Å². The molecule has 0 saturated heterocycles. The fourth-order valence-electron chi connectivity index (χ4n) is 2.54. The van der Waals surface area contributed by atoms with Crippen molar-refractivity contribution in [1.82, 2.24) is 10.6 Å². The molecular formula is C14H30IN3O3S. The molecule has 0 radical (unpaired) electrons. The SMILES string of the molecule is CN=C(NCCCS(C)(=O)=O)NCC1(CCOC)CCC1.I. The third kappa shape index (κ3) is 8.52. The third-order valence-electron chi connectivity index (χ3n) is 4.09. The lowest BCUT2D eigenvalue weighted by molar-refractivity contribution is 0.0732. The monoisotopic (exact) mass is 447 g/mol. The number of hydrogen-bond acceptors (Lipinski definition) is 4. The number of methoxy groups -OCH3 is 1. The first-order valence-electron chi connectivity index (χ1n) is 7.52. The van der Waals surface area contributed by atoms with Crippen LogP contribution in [0.2, 0.25) is 0 Å². The molecule has 0 aromatic rings. The van der Waals surface area contributed by atoms with E-state index in [1.807, 2.05) is 0 Å². The van der Waals surface area contributed by atoms with E-state index >= 15 is 0 Å². The number of sulfone groups is 1. The van der Waals surface area contributed by atoms with Crippen molar-refractivity contribution in [2.75, 3.05) is 45.9 Å². The van der Waals surface area contributed by atoms with E-state index in [1.54, 1.807) is 14.2 Å². The molecule has 0 bridgehead atoms. The Kier molecular flexibility index (Phi) is 10.6. The number of nitrogens with one attached hydrogen (secondary N) is 2. The molecule has 0 spiro atoms. The minimum absolute atomic E-state index is 0. The smallest absolute Gasteiger partial charge is 0.190 e. The van der Waals surface area contributed by atoms with Gasteiger partial charge in [-0.1, -0.05) is 6.42 Å². The summed E-state index contributed by atoms with van der Waals surface area (Å²) in [6.45, 7) is 2.29. The summed E-state index contributed by atoms with van der Waals surface area (Å²) in [4.78, 5) is 4.18. The number of halogens is 1. The third-order valence-corrected chi connectivity index (χ3v) is 5.12. The highest BCUT2D eigenvalue weighted by molar-refractivity contribution is 14.0. The van der Waals surface area contributed by atoms with Crippen molar-refractivity contribution in [2.45, 2.75) is 32.1 Å². The zero-order valence-electron chi connectivity index (χ0n) is 13.9. The summed E-state index contributed by atoms with van der Waals surface area (Å²) in [6, 6.07) is 0. The molecule has 2 N–H and O–H groups in total. The second kappa shape index (κ2) is 10.6. The predicted molar refractivity (Wildman–Crippen MR) is 102 cm³/mol. The first-order chi connectivity index (χ1) is 9.91. The zero-order chi connectivity index (χ0) is 15.8. The average Bonchev–Trinajstić information content (AvgIpc) is 2.38. The van der Waals surface area contributed by atoms with E-state index < -0.39 is 9.84 Å². The number of hydrogen-bond donors (Lipinski definition) is 2. The quantitative estimate of drug-likeness (QED) is 0.242. The highest BCUT2D eigenvalue weighted by Crippen LogP contribution is 2.43. The van der Waals surface area contributed by atoms with Crippen molar-refractivity contribution in [3.8, 4) is 0 Å². The second-order valence-electron chi connectivity index (χ2n) is 5.93. The molecule has 1 rings (SSSR count). The van der Waals surface area contributed by atoms with Crippen molar-refractivity contribution >= 4 is 39.8 Å². The molecule has 0 amide bonds. The van der Waals surface area contributed by atoms with Crippen molar-refractivity contribution in [2.24, 2.45) is 10.4 Å². The van der Waals surface area contributed by atoms with Crippen LogP contribution < -0.4 is 10.6 Å². The Morgan fingerprint density at radius 1 is 1.32 bits per heavy atom. The molecule has 1 saturated carbocycles. The van der Waals surface area contributed by atoms with Gasteiger partial charge in [0.1, 0.15) is 9.84 Å². The number of rotatable bonds is 9. The molecule has 22 heavy (non-hydrogen) atoms. The maximum Gasteiger partial charge on any atom is 0.190 e. The normalized spacial score (nSPS) is 17.3. The number of nitrogens with zero attached hydrogens (tertiary/aromatic N) is 1. The summed E-state index contributed by atoms with van der Waals surface area (Å²) in [6.07, 6.45) is 6.67. The van der Waals surface area contributed by atoms with Crippen LogP contribution in [0.15, 0.2) is 4.99 Å². The molecule has 1 fully saturated rings. The number of guanidine groups is 1. The topological polar surface area (TPSA) is 79.8 Å². The Bertz CT molecular complexity index is 437. The average molecular weight is 447 g/mol. The molecule has 0 atom stereocenters. The Labute approximate surface area is 151 Å².